The van der Waals surface area contributed by atoms with Gasteiger partial charge in [0.2, 0.25) is 17.8 Å². The van der Waals surface area contributed by atoms with Gasteiger partial charge in [-0.1, -0.05) is 6.07 Å². The van der Waals surface area contributed by atoms with Crippen LogP contribution in [0.15, 0.2) is 49.1 Å². The molecule has 5 aromatic rings. The van der Waals surface area contributed by atoms with Crippen molar-refractivity contribution < 1.29 is 41.5 Å². The first-order valence-electron chi connectivity index (χ1n) is 22.4. The van der Waals surface area contributed by atoms with E-state index in [9.17, 15) is 37.1 Å². The lowest BCUT2D eigenvalue weighted by Crippen LogP contribution is -2.54. The lowest BCUT2D eigenvalue weighted by molar-refractivity contribution is -0.182. The van der Waals surface area contributed by atoms with Crippen LogP contribution in [0.5, 0.6) is 0 Å². The number of aromatic amines is 1. The molecule has 2 aromatic carbocycles. The second-order valence-corrected chi connectivity index (χ2v) is 18.3. The van der Waals surface area contributed by atoms with Crippen LogP contribution < -0.4 is 20.4 Å². The lowest BCUT2D eigenvalue weighted by Gasteiger charge is -2.39. The number of hydrogen-bond acceptors (Lipinski definition) is 13. The van der Waals surface area contributed by atoms with E-state index in [1.807, 2.05) is 43.3 Å². The summed E-state index contributed by atoms with van der Waals surface area (Å²) in [4.78, 5) is 84.4. The van der Waals surface area contributed by atoms with Crippen molar-refractivity contribution in [3.05, 3.63) is 94.3 Å². The number of H-pyrrole nitrogens is 1. The van der Waals surface area contributed by atoms with Crippen LogP contribution in [0.2, 0.25) is 0 Å². The number of benzene rings is 2. The topological polar surface area (TPSA) is 208 Å². The number of nitrogens with zero attached hydrogens (tertiary/aromatic N) is 10. The summed E-state index contributed by atoms with van der Waals surface area (Å²) < 4.78 is 57.4. The number of rotatable bonds is 11. The molecule has 356 valence electrons. The molecule has 0 bridgehead atoms. The van der Waals surface area contributed by atoms with Gasteiger partial charge >= 0.3 is 6.18 Å². The van der Waals surface area contributed by atoms with Crippen molar-refractivity contribution >= 4 is 41.2 Å². The Morgan fingerprint density at radius 3 is 2.24 bits per heavy atom. The number of hydrogen-bond donors (Lipinski definition) is 3. The quantitative estimate of drug-likeness (QED) is 0.124. The number of fused-ring (bicyclic) bond motifs is 1. The average Bonchev–Trinajstić information content (AvgIpc) is 4.05. The highest BCUT2D eigenvalue weighted by atomic mass is 19.4. The Morgan fingerprint density at radius 1 is 0.868 bits per heavy atom. The summed E-state index contributed by atoms with van der Waals surface area (Å²) in [5.74, 6) is -2.95. The monoisotopic (exact) mass is 939 g/mol. The van der Waals surface area contributed by atoms with E-state index in [4.69, 9.17) is 9.97 Å². The third kappa shape index (κ3) is 8.67. The maximum atomic E-state index is 15.5. The summed E-state index contributed by atoms with van der Waals surface area (Å²) >= 11 is 0. The number of halogens is 4. The molecule has 3 saturated heterocycles. The van der Waals surface area contributed by atoms with Crippen LogP contribution in [0.3, 0.4) is 0 Å². The van der Waals surface area contributed by atoms with Crippen LogP contribution in [0, 0.1) is 25.6 Å². The number of nitrogens with one attached hydrogen (secondary N) is 3. The molecule has 3 fully saturated rings. The number of anilines is 2. The molecule has 5 amide bonds. The minimum absolute atomic E-state index is 0.000146. The summed E-state index contributed by atoms with van der Waals surface area (Å²) in [6.45, 7) is 10.7. The van der Waals surface area contributed by atoms with Crippen molar-refractivity contribution in [1.29, 1.82) is 0 Å². The van der Waals surface area contributed by atoms with Crippen LogP contribution in [0.4, 0.5) is 29.2 Å². The Hall–Kier alpha value is -7.10. The zero-order valence-electron chi connectivity index (χ0n) is 37.8. The fourth-order valence-corrected chi connectivity index (χ4v) is 9.33. The molecule has 0 spiro atoms. The van der Waals surface area contributed by atoms with Gasteiger partial charge in [0.25, 0.3) is 17.7 Å². The predicted octanol–water partition coefficient (Wildman–Crippen LogP) is 4.41. The lowest BCUT2D eigenvalue weighted by atomic mass is 9.92. The van der Waals surface area contributed by atoms with Crippen molar-refractivity contribution in [2.45, 2.75) is 77.6 Å². The van der Waals surface area contributed by atoms with Gasteiger partial charge in [-0.2, -0.15) is 23.4 Å². The van der Waals surface area contributed by atoms with E-state index in [1.165, 1.54) is 12.3 Å². The van der Waals surface area contributed by atoms with E-state index >= 15 is 4.39 Å². The largest absolute Gasteiger partial charge is 0.401 e. The highest BCUT2D eigenvalue weighted by Gasteiger charge is 2.51. The molecule has 0 radical (unpaired) electrons. The van der Waals surface area contributed by atoms with Crippen molar-refractivity contribution in [2.24, 2.45) is 5.92 Å². The normalized spacial score (nSPS) is 18.6. The average molecular weight is 940 g/mol. The number of carbonyl (C=O) groups is 5. The van der Waals surface area contributed by atoms with Gasteiger partial charge in [0, 0.05) is 76.4 Å². The Balaban J connectivity index is 0.765. The number of aryl methyl sites for hydroxylation is 1. The van der Waals surface area contributed by atoms with Crippen molar-refractivity contribution in [1.82, 2.24) is 55.4 Å². The second-order valence-electron chi connectivity index (χ2n) is 18.3. The van der Waals surface area contributed by atoms with Gasteiger partial charge < -0.3 is 15.1 Å². The van der Waals surface area contributed by atoms with Crippen molar-refractivity contribution in [3.8, 4) is 16.8 Å². The number of alkyl halides is 3. The summed E-state index contributed by atoms with van der Waals surface area (Å²) in [5, 5.41) is 15.4. The zero-order valence-corrected chi connectivity index (χ0v) is 37.8. The fraction of sp³-hybridized carbons (Fsp3) is 0.435. The van der Waals surface area contributed by atoms with Crippen molar-refractivity contribution in [2.75, 3.05) is 55.6 Å². The fourth-order valence-electron chi connectivity index (χ4n) is 9.33. The first-order valence-corrected chi connectivity index (χ1v) is 22.4. The van der Waals surface area contributed by atoms with E-state index < -0.39 is 58.8 Å². The first kappa shape index (κ1) is 46.0. The van der Waals surface area contributed by atoms with Gasteiger partial charge in [-0.05, 0) is 87.8 Å². The standard InChI is InChI=1S/C46H49F4N13O5/c1-25-5-6-33(62-24-29(21-54-62)39(65)51-22-36-55-43(58-57-36)45(3,4)46(48,49)50)26(2)38(25)28-19-52-44(53-20-28)61-11-9-27(10-12-61)23-59-13-15-60(16-14-59)35-18-31-30(17-32(35)47)41(67)63(42(31)68)34-7-8-37(64)56-40(34)66/h5-6,17-21,24,27,34H,7-16,22-23H2,1-4H3,(H,51,65)(H,55,57,58)(H,56,64,66). The van der Waals surface area contributed by atoms with E-state index in [-0.39, 0.29) is 47.6 Å². The number of piperidine rings is 2. The molecule has 0 saturated carbocycles. The molecular weight excluding hydrogens is 891 g/mol. The number of imide groups is 2. The van der Waals surface area contributed by atoms with E-state index in [1.54, 1.807) is 10.9 Å². The maximum Gasteiger partial charge on any atom is 0.401 e. The molecule has 1 atom stereocenters. The molecular formula is C46H49F4N13O5. The highest BCUT2D eigenvalue weighted by molar-refractivity contribution is 6.23. The van der Waals surface area contributed by atoms with Crippen LogP contribution in [0.1, 0.15) is 93.4 Å². The van der Waals surface area contributed by atoms with Crippen LogP contribution in [0.25, 0.3) is 16.8 Å². The molecule has 9 rings (SSSR count). The molecule has 1 unspecified atom stereocenters. The van der Waals surface area contributed by atoms with Gasteiger partial charge in [0.15, 0.2) is 5.82 Å². The smallest absolute Gasteiger partial charge is 0.367 e. The molecule has 68 heavy (non-hydrogen) atoms. The molecule has 7 heterocycles. The third-order valence-electron chi connectivity index (χ3n) is 13.5. The zero-order chi connectivity index (χ0) is 48.2. The predicted molar refractivity (Wildman–Crippen MR) is 237 cm³/mol. The van der Waals surface area contributed by atoms with Crippen LogP contribution in [-0.4, -0.2) is 132 Å². The Labute approximate surface area is 387 Å². The van der Waals surface area contributed by atoms with E-state index in [0.29, 0.717) is 38.0 Å². The molecule has 4 aliphatic rings. The molecule has 18 nitrogen and oxygen atoms in total. The minimum Gasteiger partial charge on any atom is -0.367 e. The number of aromatic nitrogens is 7. The van der Waals surface area contributed by atoms with Gasteiger partial charge in [-0.3, -0.25) is 44.2 Å². The highest BCUT2D eigenvalue weighted by Crippen LogP contribution is 2.39. The second kappa shape index (κ2) is 17.8. The van der Waals surface area contributed by atoms with E-state index in [0.717, 1.165) is 85.2 Å². The summed E-state index contributed by atoms with van der Waals surface area (Å²) in [7, 11) is 0. The first-order chi connectivity index (χ1) is 32.4. The number of piperazine rings is 1. The molecule has 22 heteroatoms. The maximum absolute atomic E-state index is 15.5. The molecule has 0 aliphatic carbocycles. The molecule has 3 aromatic heterocycles. The van der Waals surface area contributed by atoms with Gasteiger partial charge in [0.05, 0.1) is 40.8 Å². The SMILES string of the molecule is Cc1ccc(-n2cc(C(=O)NCc3nc(C(C)(C)C(F)(F)F)n[nH]3)cn2)c(C)c1-c1cnc(N2CCC(CN3CCN(c4cc5c(cc4F)C(=O)N(C4CCC(=O)NC4=O)C5=O)CC3)CC2)nc1. The molecule has 4 aliphatic heterocycles. The summed E-state index contributed by atoms with van der Waals surface area (Å²) in [6.07, 6.45) is 3.96. The van der Waals surface area contributed by atoms with Gasteiger partial charge in [0.1, 0.15) is 23.1 Å². The minimum atomic E-state index is -4.55. The number of carbonyl (C=O) groups excluding carboxylic acids is 5. The van der Waals surface area contributed by atoms with Crippen LogP contribution in [-0.2, 0) is 21.5 Å². The molecule has 3 N–H and O–H groups in total. The van der Waals surface area contributed by atoms with Crippen molar-refractivity contribution in [3.63, 3.8) is 0 Å². The Morgan fingerprint density at radius 2 is 1.56 bits per heavy atom. The Bertz CT molecular complexity index is 2810. The van der Waals surface area contributed by atoms with E-state index in [2.05, 4.69) is 40.7 Å². The van der Waals surface area contributed by atoms with Gasteiger partial charge in [-0.25, -0.2) is 24.0 Å². The summed E-state index contributed by atoms with van der Waals surface area (Å²) in [5.41, 5.74) is 2.55. The Kier molecular flexibility index (Phi) is 12.1. The van der Waals surface area contributed by atoms with Gasteiger partial charge in [-0.15, -0.1) is 0 Å². The van der Waals surface area contributed by atoms with Crippen LogP contribution >= 0.6 is 0 Å². The third-order valence-corrected chi connectivity index (χ3v) is 13.5. The summed E-state index contributed by atoms with van der Waals surface area (Å²) in [6, 6.07) is 5.24. The number of amides is 5.